The number of nitrogens with zero attached hydrogens (tertiary/aromatic N) is 4. The van der Waals surface area contributed by atoms with E-state index in [0.717, 1.165) is 47.2 Å². The van der Waals surface area contributed by atoms with E-state index in [4.69, 9.17) is 0 Å². The molecule has 2 aliphatic heterocycles. The Morgan fingerprint density at radius 1 is 0.190 bits per heavy atom. The molecule has 100 heavy (non-hydrogen) atoms. The van der Waals surface area contributed by atoms with Crippen molar-refractivity contribution in [2.75, 3.05) is 9.80 Å². The molecule has 468 valence electrons. The smallest absolute Gasteiger partial charge is 0.0574 e. The highest BCUT2D eigenvalue weighted by Crippen LogP contribution is 2.50. The van der Waals surface area contributed by atoms with Gasteiger partial charge in [0.1, 0.15) is 0 Å². The van der Waals surface area contributed by atoms with E-state index >= 15 is 0 Å². The number of anilines is 6. The van der Waals surface area contributed by atoms with Gasteiger partial charge in [-0.15, -0.1) is 0 Å². The second-order valence-electron chi connectivity index (χ2n) is 26.8. The molecule has 0 saturated carbocycles. The Labute approximate surface area is 581 Å². The topological polar surface area (TPSA) is 16.3 Å². The molecule has 0 unspecified atom stereocenters. The molecule has 20 rings (SSSR count). The third-order valence-corrected chi connectivity index (χ3v) is 21.1. The maximum atomic E-state index is 2.59. The van der Waals surface area contributed by atoms with E-state index in [1.165, 1.54) is 155 Å². The molecule has 0 fully saturated rings. The summed E-state index contributed by atoms with van der Waals surface area (Å²) in [5.41, 5.74) is 33.8. The van der Waals surface area contributed by atoms with Gasteiger partial charge in [0.15, 0.2) is 0 Å². The van der Waals surface area contributed by atoms with Crippen molar-refractivity contribution in [3.05, 3.63) is 375 Å². The molecule has 2 aromatic heterocycles. The molecule has 4 heterocycles. The lowest BCUT2D eigenvalue weighted by Crippen LogP contribution is -2.09. The molecule has 0 amide bonds. The normalized spacial score (nSPS) is 12.1. The summed E-state index contributed by atoms with van der Waals surface area (Å²) in [6.45, 7) is 1.61. The Kier molecular flexibility index (Phi) is 13.4. The number of benzene rings is 16. The van der Waals surface area contributed by atoms with Crippen molar-refractivity contribution in [3.63, 3.8) is 0 Å². The monoisotopic (exact) mass is 1270 g/mol. The van der Waals surface area contributed by atoms with Crippen molar-refractivity contribution in [1.29, 1.82) is 0 Å². The molecule has 0 bridgehead atoms. The maximum absolute atomic E-state index is 2.59. The van der Waals surface area contributed by atoms with Crippen LogP contribution in [0.2, 0.25) is 0 Å². The number of aromatic nitrogens is 2. The van der Waals surface area contributed by atoms with Crippen LogP contribution in [0.15, 0.2) is 364 Å². The van der Waals surface area contributed by atoms with E-state index in [1.54, 1.807) is 0 Å². The van der Waals surface area contributed by atoms with Gasteiger partial charge in [-0.1, -0.05) is 243 Å². The van der Waals surface area contributed by atoms with Gasteiger partial charge in [0.25, 0.3) is 0 Å². The molecule has 18 aromatic rings. The van der Waals surface area contributed by atoms with Gasteiger partial charge >= 0.3 is 0 Å². The molecule has 0 spiro atoms. The van der Waals surface area contributed by atoms with Gasteiger partial charge in [-0.3, -0.25) is 0 Å². The highest BCUT2D eigenvalue weighted by Gasteiger charge is 2.28. The fraction of sp³-hybridized carbons (Fsp3) is 0.0208. The number of hydrogen-bond donors (Lipinski definition) is 0. The fourth-order valence-corrected chi connectivity index (χ4v) is 16.2. The van der Waals surface area contributed by atoms with Crippen LogP contribution < -0.4 is 9.80 Å². The Balaban J connectivity index is 0.692. The molecular formula is C96H64N4. The average molecular weight is 1270 g/mol. The zero-order chi connectivity index (χ0) is 65.8. The van der Waals surface area contributed by atoms with Crippen molar-refractivity contribution in [2.45, 2.75) is 13.1 Å². The predicted octanol–water partition coefficient (Wildman–Crippen LogP) is 26.1. The highest BCUT2D eigenvalue weighted by atomic mass is 15.1. The average Bonchev–Trinajstić information content (AvgIpc) is 1.54. The summed E-state index contributed by atoms with van der Waals surface area (Å²) >= 11 is 0. The Bertz CT molecular complexity index is 5630. The van der Waals surface area contributed by atoms with E-state index in [1.807, 2.05) is 0 Å². The van der Waals surface area contributed by atoms with Crippen LogP contribution in [-0.4, -0.2) is 9.13 Å². The summed E-state index contributed by atoms with van der Waals surface area (Å²) in [7, 11) is 0. The van der Waals surface area contributed by atoms with Gasteiger partial charge in [0.2, 0.25) is 0 Å². The summed E-state index contributed by atoms with van der Waals surface area (Å²) in [6, 6.07) is 135. The van der Waals surface area contributed by atoms with E-state index in [-0.39, 0.29) is 0 Å². The van der Waals surface area contributed by atoms with Crippen LogP contribution in [0, 0.1) is 0 Å². The van der Waals surface area contributed by atoms with Crippen LogP contribution in [0.25, 0.3) is 143 Å². The van der Waals surface area contributed by atoms with Gasteiger partial charge in [0.05, 0.1) is 22.1 Å². The van der Waals surface area contributed by atoms with Crippen LogP contribution >= 0.6 is 0 Å². The minimum atomic E-state index is 0.807. The fourth-order valence-electron chi connectivity index (χ4n) is 16.2. The lowest BCUT2D eigenvalue weighted by atomic mass is 9.91. The largest absolute Gasteiger partial charge is 0.335 e. The van der Waals surface area contributed by atoms with Gasteiger partial charge in [-0.2, -0.15) is 0 Å². The van der Waals surface area contributed by atoms with Crippen molar-refractivity contribution in [1.82, 2.24) is 9.13 Å². The highest BCUT2D eigenvalue weighted by molar-refractivity contribution is 6.22. The molecule has 0 aliphatic carbocycles. The third kappa shape index (κ3) is 9.67. The van der Waals surface area contributed by atoms with E-state index in [0.29, 0.717) is 0 Å². The first-order chi connectivity index (χ1) is 49.5. The molecule has 2 aliphatic rings. The summed E-state index contributed by atoms with van der Waals surface area (Å²) in [4.78, 5) is 4.75. The summed E-state index contributed by atoms with van der Waals surface area (Å²) in [5.74, 6) is 0. The lowest BCUT2D eigenvalue weighted by Gasteiger charge is -2.26. The quantitative estimate of drug-likeness (QED) is 0.121. The molecule has 0 atom stereocenters. The minimum absolute atomic E-state index is 0.807. The Hall–Kier alpha value is -13.0. The summed E-state index contributed by atoms with van der Waals surface area (Å²) < 4.78 is 5.19. The second kappa shape index (κ2) is 23.4. The third-order valence-electron chi connectivity index (χ3n) is 21.1. The SMILES string of the molecule is c1ccc(-c2ccc(N(c3ccc(-c4ccccc4)cc3)c3ccc(-c4cc5c6c(c4)c4cc7cc8c(cc7cc4n6Cc4ccccc4-5)c4cc(-c5ccc(N(c6ccc(-c7ccccc7)cc6)c6ccc(-c7ccccc7)cc6)cc5)cc5c4n8Cc4ccccc4-5)cc3)cc2)cc1. The van der Waals surface area contributed by atoms with Crippen molar-refractivity contribution < 1.29 is 0 Å². The van der Waals surface area contributed by atoms with Crippen LogP contribution in [0.3, 0.4) is 0 Å². The van der Waals surface area contributed by atoms with Gasteiger partial charge in [0, 0.05) is 79.9 Å². The maximum Gasteiger partial charge on any atom is 0.0574 e. The van der Waals surface area contributed by atoms with Crippen molar-refractivity contribution in [3.8, 4) is 89.0 Å². The van der Waals surface area contributed by atoms with Crippen LogP contribution in [0.4, 0.5) is 34.1 Å². The van der Waals surface area contributed by atoms with Crippen LogP contribution in [0.1, 0.15) is 11.1 Å². The van der Waals surface area contributed by atoms with Crippen molar-refractivity contribution in [2.24, 2.45) is 0 Å². The van der Waals surface area contributed by atoms with E-state index in [9.17, 15) is 0 Å². The molecule has 0 saturated heterocycles. The summed E-state index contributed by atoms with van der Waals surface area (Å²) in [5, 5.41) is 7.59. The van der Waals surface area contributed by atoms with Crippen LogP contribution in [-0.2, 0) is 13.1 Å². The molecule has 4 heteroatoms. The van der Waals surface area contributed by atoms with Gasteiger partial charge in [-0.25, -0.2) is 0 Å². The zero-order valence-corrected chi connectivity index (χ0v) is 54.8. The first kappa shape index (κ1) is 57.2. The minimum Gasteiger partial charge on any atom is -0.335 e. The zero-order valence-electron chi connectivity index (χ0n) is 54.8. The first-order valence-electron chi connectivity index (χ1n) is 34.7. The van der Waals surface area contributed by atoms with Gasteiger partial charge < -0.3 is 18.9 Å². The van der Waals surface area contributed by atoms with E-state index in [2.05, 4.69) is 383 Å². The van der Waals surface area contributed by atoms with Crippen molar-refractivity contribution >= 4 is 88.5 Å². The molecule has 4 nitrogen and oxygen atoms in total. The molecule has 0 radical (unpaired) electrons. The molecule has 16 aromatic carbocycles. The Morgan fingerprint density at radius 2 is 0.440 bits per heavy atom. The number of hydrogen-bond acceptors (Lipinski definition) is 2. The Morgan fingerprint density at radius 3 is 0.730 bits per heavy atom. The number of rotatable bonds is 12. The summed E-state index contributed by atoms with van der Waals surface area (Å²) in [6.07, 6.45) is 0. The molecule has 0 N–H and O–H groups in total. The molecular weight excluding hydrogens is 1210 g/mol. The van der Waals surface area contributed by atoms with Gasteiger partial charge in [-0.05, 0) is 221 Å². The first-order valence-corrected chi connectivity index (χ1v) is 34.7. The second-order valence-corrected chi connectivity index (χ2v) is 26.8. The number of fused-ring (bicyclic) bond motifs is 11. The predicted molar refractivity (Wildman–Crippen MR) is 421 cm³/mol. The van der Waals surface area contributed by atoms with Crippen LogP contribution in [0.5, 0.6) is 0 Å². The van der Waals surface area contributed by atoms with E-state index < -0.39 is 0 Å². The lowest BCUT2D eigenvalue weighted by molar-refractivity contribution is 0.860. The standard InChI is InChI=1S/C96H64N4/c1-5-17-63(18-6-1)67-29-41-79(42-30-67)99(80-43-31-68(32-44-80)64-19-7-2-8-20-64)83-49-37-71(38-50-83)75-55-89-85-27-15-13-25-73(85)61-97-93-59-78-54-88-92-58-76(56-90-86-28-16-14-26-74(86)62-98(96(90)92)94(88)60-77(78)53-87(93)91(57-75)95(89)97)72-39-51-84(52-40-72)100(81-45-33-69(34-46-81)65-21-9-3-10-22-65)82-47-35-70(36-48-82)66-23-11-4-12-24-66/h1-60H,61-62H2.